The largest absolute Gasteiger partial charge is 0.322 e. The molecular weight excluding hydrogens is 216 g/mol. The topological polar surface area (TPSA) is 61.0 Å². The molecule has 0 aromatic carbocycles. The van der Waals surface area contributed by atoms with Gasteiger partial charge in [0.25, 0.3) is 0 Å². The van der Waals surface area contributed by atoms with E-state index in [0.717, 1.165) is 18.5 Å². The first kappa shape index (κ1) is 12.0. The fourth-order valence-corrected chi connectivity index (χ4v) is 1.86. The third kappa shape index (κ3) is 2.78. The van der Waals surface area contributed by atoms with Gasteiger partial charge in [0.1, 0.15) is 0 Å². The Hall–Kier alpha value is -1.52. The summed E-state index contributed by atoms with van der Waals surface area (Å²) >= 11 is 0. The number of carbonyl (C=O) groups excluding carboxylic acids is 1. The third-order valence-electron chi connectivity index (χ3n) is 3.33. The first-order valence-electron chi connectivity index (χ1n) is 6.17. The van der Waals surface area contributed by atoms with Gasteiger partial charge in [-0.05, 0) is 25.7 Å². The number of hydrogen-bond acceptors (Lipinski definition) is 2. The van der Waals surface area contributed by atoms with E-state index in [2.05, 4.69) is 36.3 Å². The number of nitrogens with one attached hydrogen (secondary N) is 2. The Balaban J connectivity index is 2.03. The van der Waals surface area contributed by atoms with Crippen molar-refractivity contribution >= 4 is 11.7 Å². The number of rotatable bonds is 4. The van der Waals surface area contributed by atoms with Gasteiger partial charge in [0.15, 0.2) is 0 Å². The Labute approximate surface area is 102 Å². The normalized spacial score (nSPS) is 16.9. The van der Waals surface area contributed by atoms with E-state index in [9.17, 15) is 4.79 Å². The van der Waals surface area contributed by atoms with Gasteiger partial charge in [-0.2, -0.15) is 5.10 Å². The summed E-state index contributed by atoms with van der Waals surface area (Å²) in [6.45, 7) is 6.40. The zero-order chi connectivity index (χ0) is 12.4. The highest BCUT2D eigenvalue weighted by Crippen LogP contribution is 2.31. The molecule has 0 saturated heterocycles. The fourth-order valence-electron chi connectivity index (χ4n) is 1.86. The van der Waals surface area contributed by atoms with Crippen LogP contribution in [-0.4, -0.2) is 33.2 Å². The summed E-state index contributed by atoms with van der Waals surface area (Å²) in [7, 11) is 0. The molecule has 1 aliphatic rings. The molecule has 1 fully saturated rings. The van der Waals surface area contributed by atoms with Crippen LogP contribution in [0.2, 0.25) is 0 Å². The molecular formula is C12H20N4O. The van der Waals surface area contributed by atoms with E-state index in [1.165, 1.54) is 0 Å². The van der Waals surface area contributed by atoms with E-state index in [4.69, 9.17) is 0 Å². The smallest absolute Gasteiger partial charge is 0.319 e. The van der Waals surface area contributed by atoms with Crippen LogP contribution in [0.25, 0.3) is 0 Å². The Morgan fingerprint density at radius 3 is 2.71 bits per heavy atom. The van der Waals surface area contributed by atoms with Gasteiger partial charge in [-0.3, -0.25) is 5.10 Å². The molecule has 1 aliphatic carbocycles. The summed E-state index contributed by atoms with van der Waals surface area (Å²) < 4.78 is 0. The molecule has 0 aliphatic heterocycles. The molecule has 5 nitrogen and oxygen atoms in total. The Morgan fingerprint density at radius 2 is 2.24 bits per heavy atom. The van der Waals surface area contributed by atoms with E-state index < -0.39 is 0 Å². The van der Waals surface area contributed by atoms with Crippen LogP contribution in [0.1, 0.15) is 33.6 Å². The highest BCUT2D eigenvalue weighted by atomic mass is 16.2. The van der Waals surface area contributed by atoms with Crippen LogP contribution in [-0.2, 0) is 0 Å². The molecule has 1 heterocycles. The number of carbonyl (C=O) groups is 1. The third-order valence-corrected chi connectivity index (χ3v) is 3.33. The predicted octanol–water partition coefficient (Wildman–Crippen LogP) is 2.45. The molecule has 0 radical (unpaired) electrons. The monoisotopic (exact) mass is 236 g/mol. The molecule has 1 unspecified atom stereocenters. The number of urea groups is 1. The van der Waals surface area contributed by atoms with Gasteiger partial charge < -0.3 is 10.2 Å². The van der Waals surface area contributed by atoms with Gasteiger partial charge in [0.05, 0.1) is 11.9 Å². The van der Waals surface area contributed by atoms with Gasteiger partial charge in [-0.25, -0.2) is 4.79 Å². The summed E-state index contributed by atoms with van der Waals surface area (Å²) in [4.78, 5) is 14.2. The minimum Gasteiger partial charge on any atom is -0.319 e. The standard InChI is InChI=1S/C12H20N4O/c1-8(2)9(3)16(11-4-5-11)12(17)15-10-6-13-14-7-10/h6-9,11H,4-5H2,1-3H3,(H,13,14)(H,15,17). The van der Waals surface area contributed by atoms with Crippen LogP contribution in [0.3, 0.4) is 0 Å². The lowest BCUT2D eigenvalue weighted by atomic mass is 10.0. The van der Waals surface area contributed by atoms with Crippen molar-refractivity contribution in [1.82, 2.24) is 15.1 Å². The maximum absolute atomic E-state index is 12.2. The van der Waals surface area contributed by atoms with Crippen LogP contribution in [0, 0.1) is 5.92 Å². The van der Waals surface area contributed by atoms with E-state index in [1.54, 1.807) is 12.4 Å². The summed E-state index contributed by atoms with van der Waals surface area (Å²) in [6.07, 6.45) is 5.54. The number of hydrogen-bond donors (Lipinski definition) is 2. The van der Waals surface area contributed by atoms with Gasteiger partial charge in [-0.1, -0.05) is 13.8 Å². The average Bonchev–Trinajstić information content (AvgIpc) is 2.96. The molecule has 5 heteroatoms. The number of aromatic amines is 1. The van der Waals surface area contributed by atoms with Crippen LogP contribution >= 0.6 is 0 Å². The second-order valence-electron chi connectivity index (χ2n) is 5.04. The Bertz CT molecular complexity index is 370. The molecule has 1 saturated carbocycles. The van der Waals surface area contributed by atoms with Crippen molar-refractivity contribution in [3.8, 4) is 0 Å². The van der Waals surface area contributed by atoms with Crippen LogP contribution in [0.4, 0.5) is 10.5 Å². The van der Waals surface area contributed by atoms with Gasteiger partial charge in [0, 0.05) is 18.3 Å². The second kappa shape index (κ2) is 4.77. The lowest BCUT2D eigenvalue weighted by Gasteiger charge is -2.31. The maximum Gasteiger partial charge on any atom is 0.322 e. The highest BCUT2D eigenvalue weighted by Gasteiger charge is 2.36. The van der Waals surface area contributed by atoms with Crippen molar-refractivity contribution in [2.24, 2.45) is 5.92 Å². The zero-order valence-electron chi connectivity index (χ0n) is 10.6. The SMILES string of the molecule is CC(C)C(C)N(C(=O)Nc1cn[nH]c1)C1CC1. The van der Waals surface area contributed by atoms with Crippen LogP contribution in [0.5, 0.6) is 0 Å². The average molecular weight is 236 g/mol. The van der Waals surface area contributed by atoms with Crippen molar-refractivity contribution in [2.75, 3.05) is 5.32 Å². The number of amides is 2. The molecule has 94 valence electrons. The van der Waals surface area contributed by atoms with E-state index >= 15 is 0 Å². The number of aromatic nitrogens is 2. The Kier molecular flexibility index (Phi) is 3.36. The van der Waals surface area contributed by atoms with E-state index in [0.29, 0.717) is 12.0 Å². The molecule has 2 N–H and O–H groups in total. The highest BCUT2D eigenvalue weighted by molar-refractivity contribution is 5.89. The minimum absolute atomic E-state index is 0.0184. The molecule has 17 heavy (non-hydrogen) atoms. The first-order valence-corrected chi connectivity index (χ1v) is 6.17. The van der Waals surface area contributed by atoms with Crippen molar-refractivity contribution in [3.63, 3.8) is 0 Å². The number of nitrogens with zero attached hydrogens (tertiary/aromatic N) is 2. The van der Waals surface area contributed by atoms with Crippen molar-refractivity contribution < 1.29 is 4.79 Å². The van der Waals surface area contributed by atoms with Gasteiger partial charge >= 0.3 is 6.03 Å². The molecule has 1 atom stereocenters. The first-order chi connectivity index (χ1) is 8.09. The maximum atomic E-state index is 12.2. The van der Waals surface area contributed by atoms with E-state index in [-0.39, 0.29) is 12.1 Å². The molecule has 0 spiro atoms. The van der Waals surface area contributed by atoms with Crippen molar-refractivity contribution in [3.05, 3.63) is 12.4 Å². The Morgan fingerprint density at radius 1 is 1.53 bits per heavy atom. The van der Waals surface area contributed by atoms with Gasteiger partial charge in [-0.15, -0.1) is 0 Å². The van der Waals surface area contributed by atoms with Crippen molar-refractivity contribution in [1.29, 1.82) is 0 Å². The summed E-state index contributed by atoms with van der Waals surface area (Å²) in [5.74, 6) is 0.464. The lowest BCUT2D eigenvalue weighted by molar-refractivity contribution is 0.169. The fraction of sp³-hybridized carbons (Fsp3) is 0.667. The summed E-state index contributed by atoms with van der Waals surface area (Å²) in [5, 5.41) is 9.38. The van der Waals surface area contributed by atoms with Crippen LogP contribution in [0.15, 0.2) is 12.4 Å². The molecule has 1 aromatic heterocycles. The quantitative estimate of drug-likeness (QED) is 0.843. The zero-order valence-corrected chi connectivity index (χ0v) is 10.6. The molecule has 2 amide bonds. The number of H-pyrrole nitrogens is 1. The lowest BCUT2D eigenvalue weighted by Crippen LogP contribution is -2.45. The molecule has 0 bridgehead atoms. The summed E-state index contributed by atoms with van der Waals surface area (Å²) in [5.41, 5.74) is 0.719. The second-order valence-corrected chi connectivity index (χ2v) is 5.04. The molecule has 2 rings (SSSR count). The predicted molar refractivity (Wildman–Crippen MR) is 66.8 cm³/mol. The van der Waals surface area contributed by atoms with E-state index in [1.807, 2.05) is 4.90 Å². The minimum atomic E-state index is -0.0184. The van der Waals surface area contributed by atoms with Crippen LogP contribution < -0.4 is 5.32 Å². The molecule has 1 aromatic rings. The number of anilines is 1. The summed E-state index contributed by atoms with van der Waals surface area (Å²) in [6, 6.07) is 0.656. The van der Waals surface area contributed by atoms with Gasteiger partial charge in [0.2, 0.25) is 0 Å². The van der Waals surface area contributed by atoms with Crippen molar-refractivity contribution in [2.45, 2.75) is 45.7 Å².